The Morgan fingerprint density at radius 2 is 2.15 bits per heavy atom. The number of imidazole rings is 1. The molecule has 10 heteroatoms. The van der Waals surface area contributed by atoms with Crippen molar-refractivity contribution in [1.82, 2.24) is 24.2 Å². The number of fused-ring (bicyclic) bond motifs is 3. The molecule has 26 heavy (non-hydrogen) atoms. The van der Waals surface area contributed by atoms with Crippen molar-refractivity contribution in [3.63, 3.8) is 0 Å². The molecule has 2 saturated carbocycles. The van der Waals surface area contributed by atoms with E-state index in [-0.39, 0.29) is 21.3 Å². The number of rotatable bonds is 4. The minimum Gasteiger partial charge on any atom is -0.369 e. The van der Waals surface area contributed by atoms with Crippen LogP contribution in [0.5, 0.6) is 0 Å². The second-order valence-electron chi connectivity index (χ2n) is 7.19. The molecule has 0 amide bonds. The molecule has 4 N–H and O–H groups in total. The average molecular weight is 486 g/mol. The van der Waals surface area contributed by atoms with Gasteiger partial charge in [-0.15, -0.1) is 0 Å². The van der Waals surface area contributed by atoms with Crippen LogP contribution in [0.25, 0.3) is 22.1 Å². The molecule has 0 saturated heterocycles. The zero-order valence-electron chi connectivity index (χ0n) is 13.9. The largest absolute Gasteiger partial charge is 0.369 e. The Morgan fingerprint density at radius 1 is 1.35 bits per heavy atom. The molecule has 0 aromatic carbocycles. The van der Waals surface area contributed by atoms with Crippen LogP contribution in [0, 0.1) is 0 Å². The number of aromatic nitrogens is 4. The van der Waals surface area contributed by atoms with Crippen molar-refractivity contribution >= 4 is 60.6 Å². The van der Waals surface area contributed by atoms with E-state index < -0.39 is 10.0 Å². The summed E-state index contributed by atoms with van der Waals surface area (Å²) in [5, 5.41) is 0.788. The number of H-pyrrole nitrogens is 1. The minimum atomic E-state index is -3.19. The SMILES string of the molecule is Nc1nc2cnc3[nH]ccc3c2n1[C@H]1C[C@@H](NS(=O)(=O)C2CC2)C[C@H]1I. The van der Waals surface area contributed by atoms with Crippen molar-refractivity contribution in [1.29, 1.82) is 0 Å². The molecule has 0 unspecified atom stereocenters. The lowest BCUT2D eigenvalue weighted by Crippen LogP contribution is -2.35. The lowest BCUT2D eigenvalue weighted by Gasteiger charge is -2.19. The summed E-state index contributed by atoms with van der Waals surface area (Å²) in [6.07, 6.45) is 6.63. The first-order valence-corrected chi connectivity index (χ1v) is 11.5. The lowest BCUT2D eigenvalue weighted by molar-refractivity contribution is 0.518. The van der Waals surface area contributed by atoms with Crippen molar-refractivity contribution in [2.24, 2.45) is 0 Å². The Labute approximate surface area is 164 Å². The average Bonchev–Trinajstić information content (AvgIpc) is 3.12. The first-order chi connectivity index (χ1) is 12.4. The number of aromatic amines is 1. The second kappa shape index (κ2) is 5.80. The van der Waals surface area contributed by atoms with Crippen LogP contribution in [0.15, 0.2) is 18.5 Å². The van der Waals surface area contributed by atoms with Gasteiger partial charge in [-0.1, -0.05) is 22.6 Å². The molecule has 5 rings (SSSR count). The first-order valence-electron chi connectivity index (χ1n) is 8.69. The molecular formula is C16H19IN6O2S. The highest BCUT2D eigenvalue weighted by Crippen LogP contribution is 2.41. The Morgan fingerprint density at radius 3 is 2.92 bits per heavy atom. The van der Waals surface area contributed by atoms with Gasteiger partial charge in [-0.25, -0.2) is 23.1 Å². The maximum Gasteiger partial charge on any atom is 0.214 e. The Kier molecular flexibility index (Phi) is 3.73. The predicted octanol–water partition coefficient (Wildman–Crippen LogP) is 2.08. The Bertz CT molecular complexity index is 1100. The number of nitrogens with zero attached hydrogens (tertiary/aromatic N) is 3. The Balaban J connectivity index is 1.53. The van der Waals surface area contributed by atoms with Gasteiger partial charge in [-0.3, -0.25) is 0 Å². The molecule has 3 heterocycles. The normalized spacial score (nSPS) is 26.9. The fourth-order valence-corrected chi connectivity index (χ4v) is 6.82. The smallest absolute Gasteiger partial charge is 0.214 e. The van der Waals surface area contributed by atoms with E-state index in [2.05, 4.69) is 46.8 Å². The van der Waals surface area contributed by atoms with Crippen LogP contribution >= 0.6 is 22.6 Å². The molecule has 138 valence electrons. The summed E-state index contributed by atoms with van der Waals surface area (Å²) in [4.78, 5) is 12.0. The molecule has 8 nitrogen and oxygen atoms in total. The van der Waals surface area contributed by atoms with Gasteiger partial charge in [0.15, 0.2) is 0 Å². The van der Waals surface area contributed by atoms with Crippen LogP contribution in [0.3, 0.4) is 0 Å². The van der Waals surface area contributed by atoms with Gasteiger partial charge >= 0.3 is 0 Å². The molecule has 0 aliphatic heterocycles. The number of hydrogen-bond donors (Lipinski definition) is 3. The molecular weight excluding hydrogens is 467 g/mol. The number of halogens is 1. The summed E-state index contributed by atoms with van der Waals surface area (Å²) in [6.45, 7) is 0. The van der Waals surface area contributed by atoms with Crippen LogP contribution in [0.2, 0.25) is 0 Å². The van der Waals surface area contributed by atoms with E-state index in [1.54, 1.807) is 6.20 Å². The Hall–Kier alpha value is -1.40. The van der Waals surface area contributed by atoms with Crippen LogP contribution < -0.4 is 10.5 Å². The van der Waals surface area contributed by atoms with Gasteiger partial charge in [0.1, 0.15) is 11.2 Å². The summed E-state index contributed by atoms with van der Waals surface area (Å²) in [7, 11) is -3.19. The number of hydrogen-bond acceptors (Lipinski definition) is 5. The summed E-state index contributed by atoms with van der Waals surface area (Å²) >= 11 is 2.40. The third-order valence-corrected chi connectivity index (χ3v) is 8.69. The quantitative estimate of drug-likeness (QED) is 0.386. The van der Waals surface area contributed by atoms with Crippen LogP contribution in [0.1, 0.15) is 31.7 Å². The van der Waals surface area contributed by atoms with Gasteiger partial charge in [0.25, 0.3) is 0 Å². The van der Waals surface area contributed by atoms with Gasteiger partial charge < -0.3 is 15.3 Å². The summed E-state index contributed by atoms with van der Waals surface area (Å²) in [5.74, 6) is 0.452. The standard InChI is InChI=1S/C16H19IN6O2S/c17-11-5-8(22-26(24,25)9-1-2-9)6-13(11)23-14-10-3-4-19-15(10)20-7-12(14)21-16(23)18/h3-4,7-9,11,13,22H,1-2,5-6H2,(H2,18,21)(H,19,20)/t8-,11+,13-/m0/s1. The maximum absolute atomic E-state index is 12.3. The molecule has 3 atom stereocenters. The van der Waals surface area contributed by atoms with E-state index in [9.17, 15) is 8.42 Å². The van der Waals surface area contributed by atoms with Crippen molar-refractivity contribution in [3.05, 3.63) is 18.5 Å². The zero-order valence-corrected chi connectivity index (χ0v) is 16.9. The van der Waals surface area contributed by atoms with Crippen LogP contribution in [0.4, 0.5) is 5.95 Å². The number of nitrogens with one attached hydrogen (secondary N) is 2. The molecule has 0 radical (unpaired) electrons. The highest BCUT2D eigenvalue weighted by molar-refractivity contribution is 14.1. The molecule has 2 fully saturated rings. The van der Waals surface area contributed by atoms with Crippen molar-refractivity contribution in [3.8, 4) is 0 Å². The van der Waals surface area contributed by atoms with E-state index in [0.29, 0.717) is 12.4 Å². The number of pyridine rings is 1. The number of anilines is 1. The van der Waals surface area contributed by atoms with Crippen molar-refractivity contribution < 1.29 is 8.42 Å². The summed E-state index contributed by atoms with van der Waals surface area (Å²) < 4.78 is 29.8. The van der Waals surface area contributed by atoms with E-state index in [0.717, 1.165) is 41.3 Å². The summed E-state index contributed by atoms with van der Waals surface area (Å²) in [6, 6.07) is 2.01. The molecule has 2 aliphatic rings. The van der Waals surface area contributed by atoms with Crippen LogP contribution in [-0.2, 0) is 10.0 Å². The third-order valence-electron chi connectivity index (χ3n) is 5.34. The molecule has 0 bridgehead atoms. The van der Waals surface area contributed by atoms with Crippen LogP contribution in [-0.4, -0.2) is 43.2 Å². The van der Waals surface area contributed by atoms with Crippen molar-refractivity contribution in [2.75, 3.05) is 5.73 Å². The number of nitrogens with two attached hydrogens (primary N) is 1. The van der Waals surface area contributed by atoms with E-state index in [1.807, 2.05) is 12.3 Å². The number of nitrogen functional groups attached to an aromatic ring is 1. The monoisotopic (exact) mass is 486 g/mol. The number of sulfonamides is 1. The van der Waals surface area contributed by atoms with Crippen molar-refractivity contribution in [2.45, 2.75) is 46.9 Å². The van der Waals surface area contributed by atoms with E-state index >= 15 is 0 Å². The second-order valence-corrected chi connectivity index (χ2v) is 10.8. The first kappa shape index (κ1) is 16.8. The summed E-state index contributed by atoms with van der Waals surface area (Å²) in [5.41, 5.74) is 8.78. The minimum absolute atomic E-state index is 0.0621. The van der Waals surface area contributed by atoms with Gasteiger partial charge in [-0.05, 0) is 31.7 Å². The topological polar surface area (TPSA) is 119 Å². The fraction of sp³-hybridized carbons (Fsp3) is 0.500. The predicted molar refractivity (Wildman–Crippen MR) is 109 cm³/mol. The molecule has 0 spiro atoms. The van der Waals surface area contributed by atoms with Gasteiger partial charge in [-0.2, -0.15) is 0 Å². The molecule has 2 aliphatic carbocycles. The van der Waals surface area contributed by atoms with E-state index in [4.69, 9.17) is 5.73 Å². The van der Waals surface area contributed by atoms with Gasteiger partial charge in [0.05, 0.1) is 23.0 Å². The van der Waals surface area contributed by atoms with Gasteiger partial charge in [0, 0.05) is 21.5 Å². The van der Waals surface area contributed by atoms with E-state index in [1.165, 1.54) is 0 Å². The highest BCUT2D eigenvalue weighted by Gasteiger charge is 2.41. The lowest BCUT2D eigenvalue weighted by atomic mass is 10.2. The number of alkyl halides is 1. The molecule has 3 aromatic rings. The maximum atomic E-state index is 12.3. The highest BCUT2D eigenvalue weighted by atomic mass is 127. The molecule has 3 aromatic heterocycles. The zero-order chi connectivity index (χ0) is 18.1. The van der Waals surface area contributed by atoms with Gasteiger partial charge in [0.2, 0.25) is 16.0 Å². The third kappa shape index (κ3) is 2.61. The fourth-order valence-electron chi connectivity index (χ4n) is 3.98.